The molecule has 18 heavy (non-hydrogen) atoms. The van der Waals surface area contributed by atoms with Gasteiger partial charge in [-0.2, -0.15) is 8.42 Å². The van der Waals surface area contributed by atoms with Crippen LogP contribution in [0.2, 0.25) is 0 Å². The first kappa shape index (κ1) is 12.7. The van der Waals surface area contributed by atoms with Crippen LogP contribution in [0.5, 0.6) is 0 Å². The van der Waals surface area contributed by atoms with E-state index in [1.54, 1.807) is 0 Å². The fourth-order valence-corrected chi connectivity index (χ4v) is 2.11. The summed E-state index contributed by atoms with van der Waals surface area (Å²) in [6, 6.07) is 8.53. The molecule has 2 aromatic rings. The molecule has 1 N–H and O–H groups in total. The zero-order valence-electron chi connectivity index (χ0n) is 8.97. The number of hydrogen-bond acceptors (Lipinski definition) is 2. The number of halogens is 2. The summed E-state index contributed by atoms with van der Waals surface area (Å²) < 4.78 is 56.7. The Labute approximate surface area is 102 Å². The predicted molar refractivity (Wildman–Crippen MR) is 61.6 cm³/mol. The lowest BCUT2D eigenvalue weighted by Crippen LogP contribution is -2.01. The average molecular weight is 270 g/mol. The van der Waals surface area contributed by atoms with Crippen LogP contribution < -0.4 is 0 Å². The third-order valence-corrected chi connectivity index (χ3v) is 3.26. The van der Waals surface area contributed by atoms with E-state index in [-0.39, 0.29) is 0 Å². The Morgan fingerprint density at radius 2 is 1.44 bits per heavy atom. The summed E-state index contributed by atoms with van der Waals surface area (Å²) >= 11 is 0. The summed E-state index contributed by atoms with van der Waals surface area (Å²) in [4.78, 5) is -0.802. The van der Waals surface area contributed by atoms with Crippen LogP contribution in [0, 0.1) is 11.6 Å². The Kier molecular flexibility index (Phi) is 3.14. The van der Waals surface area contributed by atoms with E-state index >= 15 is 0 Å². The molecule has 2 aromatic carbocycles. The second-order valence-electron chi connectivity index (χ2n) is 3.63. The fraction of sp³-hybridized carbons (Fsp3) is 0. The number of benzene rings is 2. The van der Waals surface area contributed by atoms with Crippen LogP contribution in [0.1, 0.15) is 0 Å². The summed E-state index contributed by atoms with van der Waals surface area (Å²) in [6.45, 7) is 0. The monoisotopic (exact) mass is 270 g/mol. The number of hydrogen-bond donors (Lipinski definition) is 1. The van der Waals surface area contributed by atoms with Gasteiger partial charge < -0.3 is 0 Å². The van der Waals surface area contributed by atoms with Crippen molar-refractivity contribution in [2.45, 2.75) is 4.90 Å². The molecule has 0 aromatic heterocycles. The van der Waals surface area contributed by atoms with Crippen LogP contribution in [-0.2, 0) is 10.1 Å². The topological polar surface area (TPSA) is 54.4 Å². The van der Waals surface area contributed by atoms with Gasteiger partial charge in [0.25, 0.3) is 10.1 Å². The molecule has 0 aliphatic carbocycles. The predicted octanol–water partition coefficient (Wildman–Crippen LogP) is 2.88. The molecule has 0 aliphatic heterocycles. The van der Waals surface area contributed by atoms with Gasteiger partial charge in [0.1, 0.15) is 16.5 Å². The normalized spacial score (nSPS) is 11.5. The molecule has 0 saturated carbocycles. The molecule has 0 fully saturated rings. The zero-order chi connectivity index (χ0) is 13.3. The smallest absolute Gasteiger partial charge is 0.282 e. The van der Waals surface area contributed by atoms with Crippen LogP contribution >= 0.6 is 0 Å². The molecule has 0 atom stereocenters. The van der Waals surface area contributed by atoms with Gasteiger partial charge in [-0.3, -0.25) is 4.55 Å². The molecule has 0 saturated heterocycles. The Hall–Kier alpha value is -1.79. The van der Waals surface area contributed by atoms with Crippen LogP contribution in [0.15, 0.2) is 47.4 Å². The third kappa shape index (κ3) is 2.55. The van der Waals surface area contributed by atoms with E-state index in [1.165, 1.54) is 30.3 Å². The maximum absolute atomic E-state index is 13.2. The largest absolute Gasteiger partial charge is 0.297 e. The van der Waals surface area contributed by atoms with Crippen LogP contribution in [-0.4, -0.2) is 13.0 Å². The van der Waals surface area contributed by atoms with Gasteiger partial charge in [-0.25, -0.2) is 8.78 Å². The highest BCUT2D eigenvalue weighted by molar-refractivity contribution is 7.85. The summed E-state index contributed by atoms with van der Waals surface area (Å²) in [6.07, 6.45) is 0. The maximum Gasteiger partial charge on any atom is 0.297 e. The first-order chi connectivity index (χ1) is 8.38. The molecule has 0 heterocycles. The molecule has 0 aliphatic rings. The highest BCUT2D eigenvalue weighted by Gasteiger charge is 2.16. The standard InChI is InChI=1S/C12H8F2O3S/c13-10-4-1-8(2-5-10)9-3-6-11(14)12(7-9)18(15,16)17/h1-7H,(H,15,16,17). The lowest BCUT2D eigenvalue weighted by Gasteiger charge is -2.05. The van der Waals surface area contributed by atoms with E-state index in [0.717, 1.165) is 12.1 Å². The average Bonchev–Trinajstić information content (AvgIpc) is 2.29. The van der Waals surface area contributed by atoms with Gasteiger partial charge in [0.05, 0.1) is 0 Å². The molecular weight excluding hydrogens is 262 g/mol. The van der Waals surface area contributed by atoms with Crippen molar-refractivity contribution >= 4 is 10.1 Å². The summed E-state index contributed by atoms with van der Waals surface area (Å²) in [5, 5.41) is 0. The zero-order valence-corrected chi connectivity index (χ0v) is 9.79. The second-order valence-corrected chi connectivity index (χ2v) is 5.02. The van der Waals surface area contributed by atoms with Gasteiger partial charge in [-0.15, -0.1) is 0 Å². The molecular formula is C12H8F2O3S. The van der Waals surface area contributed by atoms with E-state index in [0.29, 0.717) is 11.1 Å². The Balaban J connectivity index is 2.57. The van der Waals surface area contributed by atoms with Crippen LogP contribution in [0.25, 0.3) is 11.1 Å². The van der Waals surface area contributed by atoms with Crippen molar-refractivity contribution in [2.24, 2.45) is 0 Å². The van der Waals surface area contributed by atoms with Gasteiger partial charge in [-0.1, -0.05) is 18.2 Å². The molecule has 0 amide bonds. The molecule has 0 bridgehead atoms. The van der Waals surface area contributed by atoms with Crippen molar-refractivity contribution in [3.8, 4) is 11.1 Å². The first-order valence-electron chi connectivity index (χ1n) is 4.91. The van der Waals surface area contributed by atoms with Crippen molar-refractivity contribution in [3.05, 3.63) is 54.1 Å². The summed E-state index contributed by atoms with van der Waals surface area (Å²) in [5.74, 6) is -1.47. The molecule has 94 valence electrons. The molecule has 0 spiro atoms. The quantitative estimate of drug-likeness (QED) is 0.854. The maximum atomic E-state index is 13.2. The van der Waals surface area contributed by atoms with Gasteiger partial charge in [0.2, 0.25) is 0 Å². The highest BCUT2D eigenvalue weighted by atomic mass is 32.2. The van der Waals surface area contributed by atoms with Crippen LogP contribution in [0.4, 0.5) is 8.78 Å². The van der Waals surface area contributed by atoms with Crippen LogP contribution in [0.3, 0.4) is 0 Å². The van der Waals surface area contributed by atoms with Crippen molar-refractivity contribution in [1.82, 2.24) is 0 Å². The van der Waals surface area contributed by atoms with Crippen molar-refractivity contribution in [2.75, 3.05) is 0 Å². The third-order valence-electron chi connectivity index (χ3n) is 2.39. The first-order valence-corrected chi connectivity index (χ1v) is 6.35. The van der Waals surface area contributed by atoms with Crippen molar-refractivity contribution in [3.63, 3.8) is 0 Å². The van der Waals surface area contributed by atoms with Crippen molar-refractivity contribution in [1.29, 1.82) is 0 Å². The molecule has 0 radical (unpaired) electrons. The Morgan fingerprint density at radius 1 is 0.889 bits per heavy atom. The Bertz CT molecular complexity index is 679. The minimum absolute atomic E-state index is 0.365. The van der Waals surface area contributed by atoms with E-state index in [9.17, 15) is 17.2 Å². The summed E-state index contributed by atoms with van der Waals surface area (Å²) in [7, 11) is -4.62. The molecule has 0 unspecified atom stereocenters. The van der Waals surface area contributed by atoms with Gasteiger partial charge in [0, 0.05) is 0 Å². The molecule has 6 heteroatoms. The second kappa shape index (κ2) is 4.47. The van der Waals surface area contributed by atoms with Gasteiger partial charge in [-0.05, 0) is 35.4 Å². The minimum Gasteiger partial charge on any atom is -0.282 e. The van der Waals surface area contributed by atoms with E-state index in [1.807, 2.05) is 0 Å². The van der Waals surface area contributed by atoms with Gasteiger partial charge in [0.15, 0.2) is 0 Å². The fourth-order valence-electron chi connectivity index (χ4n) is 1.52. The SMILES string of the molecule is O=S(=O)(O)c1cc(-c2ccc(F)cc2)ccc1F. The van der Waals surface area contributed by atoms with Gasteiger partial charge >= 0.3 is 0 Å². The molecule has 2 rings (SSSR count). The minimum atomic E-state index is -4.62. The number of rotatable bonds is 2. The van der Waals surface area contributed by atoms with E-state index < -0.39 is 26.6 Å². The lowest BCUT2D eigenvalue weighted by atomic mass is 10.1. The molecule has 3 nitrogen and oxygen atoms in total. The van der Waals surface area contributed by atoms with E-state index in [2.05, 4.69) is 0 Å². The highest BCUT2D eigenvalue weighted by Crippen LogP contribution is 2.24. The summed E-state index contributed by atoms with van der Waals surface area (Å²) in [5.41, 5.74) is 0.880. The Morgan fingerprint density at radius 3 is 2.00 bits per heavy atom. The lowest BCUT2D eigenvalue weighted by molar-refractivity contribution is 0.473. The van der Waals surface area contributed by atoms with E-state index in [4.69, 9.17) is 4.55 Å². The van der Waals surface area contributed by atoms with Crippen molar-refractivity contribution < 1.29 is 21.8 Å².